The monoisotopic (exact) mass is 300 g/mol. The Bertz CT molecular complexity index is 609. The summed E-state index contributed by atoms with van der Waals surface area (Å²) in [7, 11) is 0. The largest absolute Gasteiger partial charge is 0.368 e. The molecular weight excluding hydrogens is 280 g/mol. The van der Waals surface area contributed by atoms with Gasteiger partial charge in [0.05, 0.1) is 0 Å². The number of piperazine rings is 1. The molecule has 0 bridgehead atoms. The summed E-state index contributed by atoms with van der Waals surface area (Å²) in [5.41, 5.74) is 2.64. The van der Waals surface area contributed by atoms with Gasteiger partial charge in [-0.25, -0.2) is 9.97 Å². The number of hydrogen-bond donors (Lipinski definition) is 0. The molecule has 1 aliphatic rings. The average Bonchev–Trinajstić information content (AvgIpc) is 2.55. The van der Waals surface area contributed by atoms with Gasteiger partial charge in [-0.05, 0) is 36.9 Å². The van der Waals surface area contributed by atoms with E-state index in [4.69, 9.17) is 0 Å². The van der Waals surface area contributed by atoms with Gasteiger partial charge in [0.1, 0.15) is 5.82 Å². The minimum Gasteiger partial charge on any atom is -0.368 e. The molecule has 2 aromatic rings. The molecule has 4 nitrogen and oxygen atoms in total. The number of rotatable bonds is 3. The summed E-state index contributed by atoms with van der Waals surface area (Å²) in [5.74, 6) is 1.04. The van der Waals surface area contributed by atoms with Gasteiger partial charge >= 0.3 is 0 Å². The van der Waals surface area contributed by atoms with E-state index >= 15 is 0 Å². The van der Waals surface area contributed by atoms with Crippen LogP contribution in [0.4, 0.5) is 11.5 Å². The van der Waals surface area contributed by atoms with Gasteiger partial charge in [-0.1, -0.05) is 23.9 Å². The molecule has 5 heteroatoms. The van der Waals surface area contributed by atoms with Gasteiger partial charge in [-0.15, -0.1) is 0 Å². The van der Waals surface area contributed by atoms with E-state index in [9.17, 15) is 0 Å². The van der Waals surface area contributed by atoms with Gasteiger partial charge in [0.15, 0.2) is 5.16 Å². The molecule has 0 saturated carbocycles. The van der Waals surface area contributed by atoms with E-state index in [1.165, 1.54) is 11.3 Å². The first-order valence-electron chi connectivity index (χ1n) is 7.20. The maximum absolute atomic E-state index is 4.59. The van der Waals surface area contributed by atoms with Crippen molar-refractivity contribution in [2.75, 3.05) is 42.2 Å². The standard InChI is InChI=1S/C16H20N4S/c1-13-4-3-5-14(12-13)19-8-10-20(11-9-19)15-6-7-17-16(18-15)21-2/h3-7,12H,8-11H2,1-2H3. The van der Waals surface area contributed by atoms with Crippen LogP contribution >= 0.6 is 11.8 Å². The van der Waals surface area contributed by atoms with Gasteiger partial charge in [0, 0.05) is 38.1 Å². The Kier molecular flexibility index (Phi) is 4.29. The van der Waals surface area contributed by atoms with Crippen LogP contribution in [0.25, 0.3) is 0 Å². The van der Waals surface area contributed by atoms with Gasteiger partial charge < -0.3 is 9.80 Å². The molecule has 110 valence electrons. The average molecular weight is 300 g/mol. The highest BCUT2D eigenvalue weighted by molar-refractivity contribution is 7.98. The molecule has 1 aromatic heterocycles. The van der Waals surface area contributed by atoms with Crippen molar-refractivity contribution in [1.82, 2.24) is 9.97 Å². The number of nitrogens with zero attached hydrogens (tertiary/aromatic N) is 4. The fourth-order valence-electron chi connectivity index (χ4n) is 2.62. The minimum absolute atomic E-state index is 0.841. The summed E-state index contributed by atoms with van der Waals surface area (Å²) in [4.78, 5) is 13.6. The van der Waals surface area contributed by atoms with E-state index in [0.717, 1.165) is 37.2 Å². The number of thioether (sulfide) groups is 1. The summed E-state index contributed by atoms with van der Waals surface area (Å²) < 4.78 is 0. The topological polar surface area (TPSA) is 32.3 Å². The van der Waals surface area contributed by atoms with E-state index in [0.29, 0.717) is 0 Å². The Morgan fingerprint density at radius 1 is 1.05 bits per heavy atom. The molecule has 1 aromatic carbocycles. The second kappa shape index (κ2) is 6.35. The van der Waals surface area contributed by atoms with Crippen molar-refractivity contribution >= 4 is 23.3 Å². The molecule has 1 saturated heterocycles. The lowest BCUT2D eigenvalue weighted by molar-refractivity contribution is 0.643. The van der Waals surface area contributed by atoms with E-state index in [2.05, 4.69) is 51.0 Å². The van der Waals surface area contributed by atoms with E-state index in [1.807, 2.05) is 18.5 Å². The molecular formula is C16H20N4S. The predicted octanol–water partition coefficient (Wildman–Crippen LogP) is 2.83. The quantitative estimate of drug-likeness (QED) is 0.643. The number of aromatic nitrogens is 2. The molecule has 1 aliphatic heterocycles. The molecule has 0 spiro atoms. The Hall–Kier alpha value is -1.75. The predicted molar refractivity (Wildman–Crippen MR) is 89.4 cm³/mol. The van der Waals surface area contributed by atoms with Crippen LogP contribution in [0.2, 0.25) is 0 Å². The van der Waals surface area contributed by atoms with Crippen molar-refractivity contribution in [2.24, 2.45) is 0 Å². The highest BCUT2D eigenvalue weighted by atomic mass is 32.2. The Morgan fingerprint density at radius 2 is 1.81 bits per heavy atom. The van der Waals surface area contributed by atoms with Crippen molar-refractivity contribution in [2.45, 2.75) is 12.1 Å². The number of anilines is 2. The second-order valence-electron chi connectivity index (χ2n) is 5.21. The number of hydrogen-bond acceptors (Lipinski definition) is 5. The Morgan fingerprint density at radius 3 is 2.52 bits per heavy atom. The molecule has 0 unspecified atom stereocenters. The third-order valence-corrected chi connectivity index (χ3v) is 4.33. The summed E-state index contributed by atoms with van der Waals surface area (Å²) >= 11 is 1.59. The molecule has 21 heavy (non-hydrogen) atoms. The van der Waals surface area contributed by atoms with Crippen LogP contribution in [0.5, 0.6) is 0 Å². The molecule has 0 aliphatic carbocycles. The van der Waals surface area contributed by atoms with Crippen LogP contribution in [0.1, 0.15) is 5.56 Å². The highest BCUT2D eigenvalue weighted by Gasteiger charge is 2.18. The van der Waals surface area contributed by atoms with Crippen molar-refractivity contribution in [3.05, 3.63) is 42.1 Å². The summed E-state index contributed by atoms with van der Waals surface area (Å²) in [5, 5.41) is 0.841. The van der Waals surface area contributed by atoms with Crippen LogP contribution in [0.15, 0.2) is 41.7 Å². The minimum atomic E-state index is 0.841. The lowest BCUT2D eigenvalue weighted by Crippen LogP contribution is -2.46. The normalized spacial score (nSPS) is 15.3. The lowest BCUT2D eigenvalue weighted by atomic mass is 10.2. The molecule has 0 amide bonds. The summed E-state index contributed by atoms with van der Waals surface area (Å²) in [6.07, 6.45) is 3.86. The zero-order valence-corrected chi connectivity index (χ0v) is 13.3. The lowest BCUT2D eigenvalue weighted by Gasteiger charge is -2.36. The first-order valence-corrected chi connectivity index (χ1v) is 8.42. The third-order valence-electron chi connectivity index (χ3n) is 3.77. The molecule has 0 N–H and O–H groups in total. The molecule has 2 heterocycles. The molecule has 0 radical (unpaired) electrons. The zero-order valence-electron chi connectivity index (χ0n) is 12.5. The fraction of sp³-hybridized carbons (Fsp3) is 0.375. The Labute approximate surface area is 130 Å². The third kappa shape index (κ3) is 3.29. The zero-order chi connectivity index (χ0) is 14.7. The van der Waals surface area contributed by atoms with Crippen molar-refractivity contribution in [3.8, 4) is 0 Å². The highest BCUT2D eigenvalue weighted by Crippen LogP contribution is 2.21. The van der Waals surface area contributed by atoms with Crippen LogP contribution in [0, 0.1) is 6.92 Å². The van der Waals surface area contributed by atoms with Crippen molar-refractivity contribution in [3.63, 3.8) is 0 Å². The molecule has 0 atom stereocenters. The van der Waals surface area contributed by atoms with E-state index < -0.39 is 0 Å². The molecule has 3 rings (SSSR count). The van der Waals surface area contributed by atoms with E-state index in [-0.39, 0.29) is 0 Å². The smallest absolute Gasteiger partial charge is 0.189 e. The van der Waals surface area contributed by atoms with Gasteiger partial charge in [0.2, 0.25) is 0 Å². The van der Waals surface area contributed by atoms with Crippen LogP contribution in [-0.4, -0.2) is 42.4 Å². The van der Waals surface area contributed by atoms with Gasteiger partial charge in [-0.2, -0.15) is 0 Å². The van der Waals surface area contributed by atoms with Crippen molar-refractivity contribution in [1.29, 1.82) is 0 Å². The second-order valence-corrected chi connectivity index (χ2v) is 5.99. The van der Waals surface area contributed by atoms with Crippen molar-refractivity contribution < 1.29 is 0 Å². The maximum atomic E-state index is 4.59. The van der Waals surface area contributed by atoms with Gasteiger partial charge in [-0.3, -0.25) is 0 Å². The Balaban J connectivity index is 1.67. The fourth-order valence-corrected chi connectivity index (χ4v) is 2.98. The SMILES string of the molecule is CSc1nccc(N2CCN(c3cccc(C)c3)CC2)n1. The van der Waals surface area contributed by atoms with Gasteiger partial charge in [0.25, 0.3) is 0 Å². The van der Waals surface area contributed by atoms with Crippen LogP contribution in [0.3, 0.4) is 0 Å². The van der Waals surface area contributed by atoms with Crippen LogP contribution < -0.4 is 9.80 Å². The van der Waals surface area contributed by atoms with E-state index in [1.54, 1.807) is 11.8 Å². The summed E-state index contributed by atoms with van der Waals surface area (Å²) in [6, 6.07) is 10.7. The first-order chi connectivity index (χ1) is 10.3. The summed E-state index contributed by atoms with van der Waals surface area (Å²) in [6.45, 7) is 6.20. The number of benzene rings is 1. The van der Waals surface area contributed by atoms with Crippen LogP contribution in [-0.2, 0) is 0 Å². The number of aryl methyl sites for hydroxylation is 1. The first kappa shape index (κ1) is 14.2. The maximum Gasteiger partial charge on any atom is 0.189 e. The molecule has 1 fully saturated rings.